The summed E-state index contributed by atoms with van der Waals surface area (Å²) in [5, 5.41) is 11.7. The summed E-state index contributed by atoms with van der Waals surface area (Å²) < 4.78 is 2.65. The minimum atomic E-state index is -0.141. The molecule has 1 aromatic heterocycles. The Morgan fingerprint density at radius 2 is 2.20 bits per heavy atom. The number of nitrogens with zero attached hydrogens (tertiary/aromatic N) is 1. The van der Waals surface area contributed by atoms with Crippen LogP contribution in [0.25, 0.3) is 0 Å². The summed E-state index contributed by atoms with van der Waals surface area (Å²) in [6.45, 7) is 0.175. The van der Waals surface area contributed by atoms with Crippen LogP contribution in [-0.2, 0) is 13.5 Å². The number of benzene rings is 1. The number of aryl methyl sites for hydroxylation is 2. The molecule has 20 heavy (non-hydrogen) atoms. The summed E-state index contributed by atoms with van der Waals surface area (Å²) in [6.07, 6.45) is 3.37. The van der Waals surface area contributed by atoms with Gasteiger partial charge in [0.05, 0.1) is 0 Å². The number of anilines is 1. The Balaban J connectivity index is 2.09. The predicted molar refractivity (Wildman–Crippen MR) is 82.9 cm³/mol. The average molecular weight is 337 g/mol. The van der Waals surface area contributed by atoms with Gasteiger partial charge in [0.25, 0.3) is 5.91 Å². The molecule has 0 radical (unpaired) electrons. The van der Waals surface area contributed by atoms with Gasteiger partial charge >= 0.3 is 0 Å². The van der Waals surface area contributed by atoms with E-state index in [1.54, 1.807) is 10.6 Å². The molecule has 2 rings (SSSR count). The second kappa shape index (κ2) is 6.72. The highest BCUT2D eigenvalue weighted by Gasteiger charge is 2.11. The largest absolute Gasteiger partial charge is 0.396 e. The van der Waals surface area contributed by atoms with E-state index in [-0.39, 0.29) is 12.5 Å². The van der Waals surface area contributed by atoms with E-state index in [0.717, 1.165) is 28.6 Å². The second-order valence-corrected chi connectivity index (χ2v) is 5.55. The van der Waals surface area contributed by atoms with Gasteiger partial charge in [0.2, 0.25) is 0 Å². The highest BCUT2D eigenvalue weighted by atomic mass is 79.9. The lowest BCUT2D eigenvalue weighted by Crippen LogP contribution is -2.15. The Labute approximate surface area is 126 Å². The van der Waals surface area contributed by atoms with Crippen molar-refractivity contribution in [2.45, 2.75) is 12.8 Å². The summed E-state index contributed by atoms with van der Waals surface area (Å²) >= 11 is 3.35. The Hall–Kier alpha value is -1.59. The van der Waals surface area contributed by atoms with Crippen LogP contribution in [0, 0.1) is 0 Å². The molecule has 0 bridgehead atoms. The summed E-state index contributed by atoms with van der Waals surface area (Å²) in [5.41, 5.74) is 2.46. The van der Waals surface area contributed by atoms with Gasteiger partial charge in [-0.3, -0.25) is 4.79 Å². The quantitative estimate of drug-likeness (QED) is 0.881. The minimum Gasteiger partial charge on any atom is -0.396 e. The zero-order valence-electron chi connectivity index (χ0n) is 11.3. The molecule has 4 nitrogen and oxygen atoms in total. The molecule has 0 aliphatic heterocycles. The number of hydrogen-bond donors (Lipinski definition) is 2. The molecule has 2 aromatic rings. The number of carbonyl (C=O) groups excluding carboxylic acids is 1. The molecular weight excluding hydrogens is 320 g/mol. The number of aliphatic hydroxyl groups is 1. The van der Waals surface area contributed by atoms with E-state index in [1.165, 1.54) is 0 Å². The van der Waals surface area contributed by atoms with E-state index < -0.39 is 0 Å². The monoisotopic (exact) mass is 336 g/mol. The van der Waals surface area contributed by atoms with E-state index in [4.69, 9.17) is 5.11 Å². The van der Waals surface area contributed by atoms with E-state index >= 15 is 0 Å². The van der Waals surface area contributed by atoms with Gasteiger partial charge in [0.1, 0.15) is 5.69 Å². The molecule has 0 saturated carbocycles. The van der Waals surface area contributed by atoms with E-state index in [9.17, 15) is 4.79 Å². The maximum atomic E-state index is 12.2. The lowest BCUT2D eigenvalue weighted by molar-refractivity contribution is 0.101. The van der Waals surface area contributed by atoms with E-state index in [1.807, 2.05) is 37.5 Å². The molecule has 2 N–H and O–H groups in total. The van der Waals surface area contributed by atoms with Crippen molar-refractivity contribution in [3.8, 4) is 0 Å². The molecule has 0 fully saturated rings. The third-order valence-corrected chi connectivity index (χ3v) is 3.45. The fourth-order valence-corrected chi connectivity index (χ4v) is 2.56. The Kier molecular flexibility index (Phi) is 4.98. The number of nitrogens with one attached hydrogen (secondary N) is 1. The lowest BCUT2D eigenvalue weighted by atomic mass is 10.1. The SMILES string of the molecule is Cn1cc(Br)cc1C(=O)Nc1cccc(CCCO)c1. The van der Waals surface area contributed by atoms with Crippen molar-refractivity contribution in [3.05, 3.63) is 52.3 Å². The van der Waals surface area contributed by atoms with Gasteiger partial charge in [-0.15, -0.1) is 0 Å². The van der Waals surface area contributed by atoms with Crippen LogP contribution in [0.3, 0.4) is 0 Å². The third-order valence-electron chi connectivity index (χ3n) is 3.01. The van der Waals surface area contributed by atoms with Crippen molar-refractivity contribution >= 4 is 27.5 Å². The first kappa shape index (κ1) is 14.8. The fraction of sp³-hybridized carbons (Fsp3) is 0.267. The van der Waals surface area contributed by atoms with Crippen molar-refractivity contribution in [1.29, 1.82) is 0 Å². The number of aliphatic hydroxyl groups excluding tert-OH is 1. The molecule has 0 atom stereocenters. The third kappa shape index (κ3) is 3.71. The number of amides is 1. The number of rotatable bonds is 5. The summed E-state index contributed by atoms with van der Waals surface area (Å²) in [4.78, 5) is 12.2. The molecule has 0 saturated heterocycles. The number of halogens is 1. The van der Waals surface area contributed by atoms with Gasteiger partial charge in [0, 0.05) is 30.0 Å². The molecule has 0 spiro atoms. The number of aromatic nitrogens is 1. The van der Waals surface area contributed by atoms with Gasteiger partial charge in [0.15, 0.2) is 0 Å². The Morgan fingerprint density at radius 1 is 1.40 bits per heavy atom. The first-order valence-electron chi connectivity index (χ1n) is 6.43. The smallest absolute Gasteiger partial charge is 0.272 e. The van der Waals surface area contributed by atoms with Crippen molar-refractivity contribution in [3.63, 3.8) is 0 Å². The van der Waals surface area contributed by atoms with Crippen molar-refractivity contribution in [1.82, 2.24) is 4.57 Å². The number of hydrogen-bond acceptors (Lipinski definition) is 2. The highest BCUT2D eigenvalue weighted by Crippen LogP contribution is 2.17. The van der Waals surface area contributed by atoms with Crippen LogP contribution in [0.4, 0.5) is 5.69 Å². The normalized spacial score (nSPS) is 10.6. The van der Waals surface area contributed by atoms with Gasteiger partial charge in [-0.05, 0) is 52.5 Å². The lowest BCUT2D eigenvalue weighted by Gasteiger charge is -2.08. The van der Waals surface area contributed by atoms with Crippen LogP contribution in [0.5, 0.6) is 0 Å². The zero-order chi connectivity index (χ0) is 14.5. The topological polar surface area (TPSA) is 54.3 Å². The van der Waals surface area contributed by atoms with Crippen LogP contribution in [-0.4, -0.2) is 22.2 Å². The maximum Gasteiger partial charge on any atom is 0.272 e. The van der Waals surface area contributed by atoms with Crippen LogP contribution < -0.4 is 5.32 Å². The first-order valence-corrected chi connectivity index (χ1v) is 7.22. The summed E-state index contributed by atoms with van der Waals surface area (Å²) in [5.74, 6) is -0.141. The van der Waals surface area contributed by atoms with E-state index in [2.05, 4.69) is 21.2 Å². The van der Waals surface area contributed by atoms with Gasteiger partial charge in [-0.25, -0.2) is 0 Å². The molecule has 0 aliphatic carbocycles. The molecule has 1 aromatic carbocycles. The molecule has 106 valence electrons. The second-order valence-electron chi connectivity index (χ2n) is 4.64. The molecule has 1 heterocycles. The van der Waals surface area contributed by atoms with Crippen molar-refractivity contribution in [2.24, 2.45) is 7.05 Å². The zero-order valence-corrected chi connectivity index (χ0v) is 12.9. The van der Waals surface area contributed by atoms with Crippen molar-refractivity contribution in [2.75, 3.05) is 11.9 Å². The minimum absolute atomic E-state index is 0.141. The molecule has 0 unspecified atom stereocenters. The first-order chi connectivity index (χ1) is 9.60. The van der Waals surface area contributed by atoms with Gasteiger partial charge < -0.3 is 15.0 Å². The van der Waals surface area contributed by atoms with Crippen LogP contribution in [0.2, 0.25) is 0 Å². The Bertz CT molecular complexity index is 608. The van der Waals surface area contributed by atoms with Crippen molar-refractivity contribution < 1.29 is 9.90 Å². The van der Waals surface area contributed by atoms with Crippen LogP contribution in [0.1, 0.15) is 22.5 Å². The maximum absolute atomic E-state index is 12.2. The molecule has 5 heteroatoms. The fourth-order valence-electron chi connectivity index (χ4n) is 2.03. The van der Waals surface area contributed by atoms with E-state index in [0.29, 0.717) is 5.69 Å². The summed E-state index contributed by atoms with van der Waals surface area (Å²) in [6, 6.07) is 9.47. The molecular formula is C15H17BrN2O2. The average Bonchev–Trinajstić information content (AvgIpc) is 2.76. The van der Waals surface area contributed by atoms with Crippen LogP contribution >= 0.6 is 15.9 Å². The molecule has 0 aliphatic rings. The Morgan fingerprint density at radius 3 is 2.85 bits per heavy atom. The van der Waals surface area contributed by atoms with Crippen LogP contribution in [0.15, 0.2) is 41.0 Å². The highest BCUT2D eigenvalue weighted by molar-refractivity contribution is 9.10. The van der Waals surface area contributed by atoms with Gasteiger partial charge in [-0.1, -0.05) is 12.1 Å². The standard InChI is InChI=1S/C15H17BrN2O2/c1-18-10-12(16)9-14(18)15(20)17-13-6-2-4-11(8-13)5-3-7-19/h2,4,6,8-10,19H,3,5,7H2,1H3,(H,17,20). The summed E-state index contributed by atoms with van der Waals surface area (Å²) in [7, 11) is 1.83. The molecule has 1 amide bonds. The predicted octanol–water partition coefficient (Wildman–Crippen LogP) is 2.96. The van der Waals surface area contributed by atoms with Gasteiger partial charge in [-0.2, -0.15) is 0 Å². The number of carbonyl (C=O) groups is 1.